The van der Waals surface area contributed by atoms with E-state index >= 15 is 0 Å². The van der Waals surface area contributed by atoms with Gasteiger partial charge in [-0.25, -0.2) is 0 Å². The number of nitrogen functional groups attached to an aromatic ring is 1. The van der Waals surface area contributed by atoms with E-state index < -0.39 is 0 Å². The Morgan fingerprint density at radius 1 is 1.50 bits per heavy atom. The zero-order valence-electron chi connectivity index (χ0n) is 5.50. The molecule has 3 N–H and O–H groups in total. The molecular weight excluding hydrogens is 175 g/mol. The Balaban J connectivity index is 0. The molecule has 0 saturated heterocycles. The van der Waals surface area contributed by atoms with Gasteiger partial charge in [-0.3, -0.25) is 5.10 Å². The molecule has 0 aromatic carbocycles. The average molecular weight is 185 g/mol. The van der Waals surface area contributed by atoms with E-state index in [1.54, 1.807) is 0 Å². The number of H-pyrrole nitrogens is 1. The van der Waals surface area contributed by atoms with Crippen molar-refractivity contribution in [2.45, 2.75) is 13.3 Å². The van der Waals surface area contributed by atoms with Crippen molar-refractivity contribution in [2.75, 3.05) is 5.73 Å². The van der Waals surface area contributed by atoms with Gasteiger partial charge in [0, 0.05) is 6.42 Å². The monoisotopic (exact) mass is 184 g/mol. The first-order valence-corrected chi connectivity index (χ1v) is 2.49. The van der Waals surface area contributed by atoms with Crippen molar-refractivity contribution in [3.63, 3.8) is 0 Å². The molecule has 0 unspecified atom stereocenters. The largest absolute Gasteiger partial charge is 0.367 e. The average Bonchev–Trinajstić information content (AvgIpc) is 2.14. The molecule has 0 fully saturated rings. The van der Waals surface area contributed by atoms with Crippen LogP contribution in [0.2, 0.25) is 0 Å². The number of anilines is 1. The number of nitrogens with one attached hydrogen (secondary N) is 1. The van der Waals surface area contributed by atoms with Gasteiger partial charge in [0.15, 0.2) is 0 Å². The molecule has 1 aromatic rings. The Bertz CT molecular complexity index is 176. The maximum absolute atomic E-state index is 5.20. The van der Waals surface area contributed by atoms with Gasteiger partial charge in [0.2, 0.25) is 5.95 Å². The Morgan fingerprint density at radius 2 is 2.10 bits per heavy atom. The van der Waals surface area contributed by atoms with Crippen LogP contribution in [0, 0.1) is 0 Å². The number of aromatic amines is 1. The lowest BCUT2D eigenvalue weighted by Crippen LogP contribution is -1.85. The highest BCUT2D eigenvalue weighted by atomic mass is 35.5. The van der Waals surface area contributed by atoms with Gasteiger partial charge in [-0.05, 0) is 0 Å². The molecule has 0 bridgehead atoms. The molecule has 6 heteroatoms. The highest BCUT2D eigenvalue weighted by Crippen LogP contribution is 1.91. The van der Waals surface area contributed by atoms with Gasteiger partial charge in [-0.1, -0.05) is 6.92 Å². The Kier molecular flexibility index (Phi) is 6.50. The number of nitrogens with zero attached hydrogens (tertiary/aromatic N) is 2. The molecule has 0 aliphatic carbocycles. The quantitative estimate of drug-likeness (QED) is 0.679. The van der Waals surface area contributed by atoms with Gasteiger partial charge in [-0.2, -0.15) is 4.98 Å². The van der Waals surface area contributed by atoms with Crippen LogP contribution < -0.4 is 5.73 Å². The third-order valence-electron chi connectivity index (χ3n) is 0.884. The van der Waals surface area contributed by atoms with E-state index in [2.05, 4.69) is 15.2 Å². The number of hydrogen-bond acceptors (Lipinski definition) is 3. The molecule has 0 spiro atoms. The number of aryl methyl sites for hydroxylation is 1. The van der Waals surface area contributed by atoms with Crippen LogP contribution in [0.3, 0.4) is 0 Å². The molecule has 60 valence electrons. The third-order valence-corrected chi connectivity index (χ3v) is 0.884. The van der Waals surface area contributed by atoms with Crippen LogP contribution in [-0.2, 0) is 6.42 Å². The fraction of sp³-hybridized carbons (Fsp3) is 0.500. The zero-order chi connectivity index (χ0) is 5.98. The Labute approximate surface area is 71.4 Å². The van der Waals surface area contributed by atoms with E-state index in [-0.39, 0.29) is 24.8 Å². The number of hydrogen-bond donors (Lipinski definition) is 2. The second-order valence-electron chi connectivity index (χ2n) is 1.49. The summed E-state index contributed by atoms with van der Waals surface area (Å²) in [5.74, 6) is 1.16. The van der Waals surface area contributed by atoms with Gasteiger partial charge >= 0.3 is 0 Å². The van der Waals surface area contributed by atoms with Crippen LogP contribution in [0.15, 0.2) is 0 Å². The molecule has 0 saturated carbocycles. The highest BCUT2D eigenvalue weighted by molar-refractivity contribution is 5.85. The number of rotatable bonds is 1. The van der Waals surface area contributed by atoms with Gasteiger partial charge in [0.05, 0.1) is 0 Å². The first kappa shape index (κ1) is 12.2. The minimum Gasteiger partial charge on any atom is -0.367 e. The van der Waals surface area contributed by atoms with Crippen molar-refractivity contribution in [2.24, 2.45) is 0 Å². The summed E-state index contributed by atoms with van der Waals surface area (Å²) in [4.78, 5) is 3.84. The second kappa shape index (κ2) is 5.32. The molecule has 0 amide bonds. The van der Waals surface area contributed by atoms with E-state index in [1.807, 2.05) is 6.92 Å². The number of halogens is 2. The van der Waals surface area contributed by atoms with E-state index in [0.29, 0.717) is 5.95 Å². The van der Waals surface area contributed by atoms with Crippen LogP contribution >= 0.6 is 24.8 Å². The molecule has 10 heavy (non-hydrogen) atoms. The first-order chi connectivity index (χ1) is 3.83. The lowest BCUT2D eigenvalue weighted by molar-refractivity contribution is 0.946. The normalized spacial score (nSPS) is 7.70. The summed E-state index contributed by atoms with van der Waals surface area (Å²) in [7, 11) is 0. The van der Waals surface area contributed by atoms with Crippen molar-refractivity contribution in [1.82, 2.24) is 15.2 Å². The predicted octanol–water partition coefficient (Wildman–Crippen LogP) is 0.793. The second-order valence-corrected chi connectivity index (χ2v) is 1.49. The summed E-state index contributed by atoms with van der Waals surface area (Å²) in [5, 5.41) is 6.30. The van der Waals surface area contributed by atoms with E-state index in [9.17, 15) is 0 Å². The molecular formula is C4H10Cl2N4. The first-order valence-electron chi connectivity index (χ1n) is 2.49. The fourth-order valence-corrected chi connectivity index (χ4v) is 0.468. The SMILES string of the molecule is CCc1nc(N)n[nH]1.Cl.Cl. The third kappa shape index (κ3) is 2.89. The molecule has 1 rings (SSSR count). The summed E-state index contributed by atoms with van der Waals surface area (Å²) in [5.41, 5.74) is 5.20. The number of nitrogens with two attached hydrogens (primary N) is 1. The van der Waals surface area contributed by atoms with Crippen LogP contribution in [0.4, 0.5) is 5.95 Å². The molecule has 1 aromatic heterocycles. The van der Waals surface area contributed by atoms with Crippen molar-refractivity contribution in [3.05, 3.63) is 5.82 Å². The van der Waals surface area contributed by atoms with Crippen LogP contribution in [0.5, 0.6) is 0 Å². The lowest BCUT2D eigenvalue weighted by atomic mass is 10.5. The predicted molar refractivity (Wildman–Crippen MR) is 44.7 cm³/mol. The molecule has 0 atom stereocenters. The van der Waals surface area contributed by atoms with Gasteiger partial charge in [0.1, 0.15) is 5.82 Å². The molecule has 0 aliphatic rings. The summed E-state index contributed by atoms with van der Waals surface area (Å²) < 4.78 is 0. The van der Waals surface area contributed by atoms with Gasteiger partial charge in [-0.15, -0.1) is 29.9 Å². The fourth-order valence-electron chi connectivity index (χ4n) is 0.468. The Hall–Kier alpha value is -0.480. The van der Waals surface area contributed by atoms with Crippen LogP contribution in [0.25, 0.3) is 0 Å². The Morgan fingerprint density at radius 3 is 2.30 bits per heavy atom. The van der Waals surface area contributed by atoms with Crippen molar-refractivity contribution in [1.29, 1.82) is 0 Å². The smallest absolute Gasteiger partial charge is 0.239 e. The summed E-state index contributed by atoms with van der Waals surface area (Å²) in [6.45, 7) is 1.99. The van der Waals surface area contributed by atoms with Crippen LogP contribution in [-0.4, -0.2) is 15.2 Å². The standard InChI is InChI=1S/C4H8N4.2ClH/c1-2-3-6-4(5)8-7-3;;/h2H2,1H3,(H3,5,6,7,8);2*1H. The summed E-state index contributed by atoms with van der Waals surface area (Å²) in [6, 6.07) is 0. The maximum atomic E-state index is 5.20. The molecule has 1 heterocycles. The van der Waals surface area contributed by atoms with Crippen LogP contribution in [0.1, 0.15) is 12.7 Å². The molecule has 0 radical (unpaired) electrons. The van der Waals surface area contributed by atoms with E-state index in [4.69, 9.17) is 5.73 Å². The minimum absolute atomic E-state index is 0. The lowest BCUT2D eigenvalue weighted by Gasteiger charge is -1.78. The topological polar surface area (TPSA) is 67.6 Å². The highest BCUT2D eigenvalue weighted by Gasteiger charge is 1.92. The van der Waals surface area contributed by atoms with Crippen molar-refractivity contribution < 1.29 is 0 Å². The minimum atomic E-state index is 0. The van der Waals surface area contributed by atoms with E-state index in [0.717, 1.165) is 12.2 Å². The van der Waals surface area contributed by atoms with Crippen molar-refractivity contribution in [3.8, 4) is 0 Å². The summed E-state index contributed by atoms with van der Waals surface area (Å²) >= 11 is 0. The van der Waals surface area contributed by atoms with E-state index in [1.165, 1.54) is 0 Å². The zero-order valence-corrected chi connectivity index (χ0v) is 7.13. The summed E-state index contributed by atoms with van der Waals surface area (Å²) in [6.07, 6.45) is 0.851. The number of aromatic nitrogens is 3. The van der Waals surface area contributed by atoms with Gasteiger partial charge < -0.3 is 5.73 Å². The molecule has 4 nitrogen and oxygen atoms in total. The molecule has 0 aliphatic heterocycles. The maximum Gasteiger partial charge on any atom is 0.239 e. The van der Waals surface area contributed by atoms with Crippen molar-refractivity contribution >= 4 is 30.8 Å². The van der Waals surface area contributed by atoms with Gasteiger partial charge in [0.25, 0.3) is 0 Å².